The number of nitrogens with one attached hydrogen (secondary N) is 2. The third kappa shape index (κ3) is 5.79. The molecule has 5 nitrogen and oxygen atoms in total. The van der Waals surface area contributed by atoms with Crippen molar-refractivity contribution in [2.24, 2.45) is 0 Å². The number of amides is 1. The molecule has 0 aliphatic rings. The first-order valence-electron chi connectivity index (χ1n) is 10.3. The Morgan fingerprint density at radius 3 is 2.38 bits per heavy atom. The number of nitrogens with zero attached hydrogens (tertiary/aromatic N) is 2. The zero-order valence-corrected chi connectivity index (χ0v) is 18.9. The summed E-state index contributed by atoms with van der Waals surface area (Å²) < 4.78 is 1.87. The third-order valence-electron chi connectivity index (χ3n) is 5.07. The summed E-state index contributed by atoms with van der Waals surface area (Å²) in [6, 6.07) is 24.6. The Morgan fingerprint density at radius 1 is 1.00 bits per heavy atom. The Kier molecular flexibility index (Phi) is 7.27. The molecule has 1 heterocycles. The minimum absolute atomic E-state index is 0.111. The van der Waals surface area contributed by atoms with E-state index >= 15 is 0 Å². The van der Waals surface area contributed by atoms with Gasteiger partial charge < -0.3 is 15.2 Å². The maximum Gasteiger partial charge on any atom is 0.246 e. The van der Waals surface area contributed by atoms with Gasteiger partial charge in [-0.15, -0.1) is 12.6 Å². The quantitative estimate of drug-likeness (QED) is 0.310. The lowest BCUT2D eigenvalue weighted by molar-refractivity contribution is -0.118. The van der Waals surface area contributed by atoms with Crippen molar-refractivity contribution in [1.82, 2.24) is 14.9 Å². The maximum absolute atomic E-state index is 13.1. The normalized spacial score (nSPS) is 11.8. The summed E-state index contributed by atoms with van der Waals surface area (Å²) in [5.41, 5.74) is 3.74. The molecule has 2 N–H and O–H groups in total. The molecule has 0 bridgehead atoms. The van der Waals surface area contributed by atoms with Gasteiger partial charge in [-0.05, 0) is 53.9 Å². The van der Waals surface area contributed by atoms with Gasteiger partial charge in [-0.1, -0.05) is 54.1 Å². The number of carbonyl (C=O) groups is 1. The van der Waals surface area contributed by atoms with Crippen LogP contribution in [0.2, 0.25) is 5.02 Å². The molecule has 0 spiro atoms. The van der Waals surface area contributed by atoms with Gasteiger partial charge in [0.25, 0.3) is 0 Å². The minimum atomic E-state index is -0.469. The average molecular weight is 463 g/mol. The molecule has 0 radical (unpaired) electrons. The predicted molar refractivity (Wildman–Crippen MR) is 132 cm³/mol. The Balaban J connectivity index is 1.43. The Morgan fingerprint density at radius 2 is 1.72 bits per heavy atom. The van der Waals surface area contributed by atoms with Gasteiger partial charge >= 0.3 is 0 Å². The van der Waals surface area contributed by atoms with E-state index in [1.807, 2.05) is 89.6 Å². The second kappa shape index (κ2) is 10.5. The van der Waals surface area contributed by atoms with E-state index in [9.17, 15) is 4.79 Å². The van der Waals surface area contributed by atoms with Crippen LogP contribution in [0, 0.1) is 0 Å². The van der Waals surface area contributed by atoms with Gasteiger partial charge in [-0.2, -0.15) is 0 Å². The fraction of sp³-hybridized carbons (Fsp3) is 0.120. The topological polar surface area (TPSA) is 59.0 Å². The molecule has 7 heteroatoms. The van der Waals surface area contributed by atoms with E-state index < -0.39 is 6.04 Å². The molecule has 1 amide bonds. The van der Waals surface area contributed by atoms with E-state index in [-0.39, 0.29) is 5.91 Å². The molecule has 162 valence electrons. The van der Waals surface area contributed by atoms with E-state index in [4.69, 9.17) is 11.6 Å². The molecule has 0 aliphatic carbocycles. The number of thiol groups is 1. The summed E-state index contributed by atoms with van der Waals surface area (Å²) in [6.45, 7) is 0.653. The van der Waals surface area contributed by atoms with Crippen molar-refractivity contribution in [2.75, 3.05) is 11.9 Å². The molecule has 32 heavy (non-hydrogen) atoms. The molecular formula is C25H23ClN4OS. The van der Waals surface area contributed by atoms with Crippen LogP contribution in [0.4, 0.5) is 5.69 Å². The van der Waals surface area contributed by atoms with Gasteiger partial charge in [0.05, 0.1) is 0 Å². The summed E-state index contributed by atoms with van der Waals surface area (Å²) in [7, 11) is 0. The summed E-state index contributed by atoms with van der Waals surface area (Å²) in [5, 5.41) is 7.78. The Bertz CT molecular complexity index is 1160. The number of halogens is 1. The highest BCUT2D eigenvalue weighted by atomic mass is 35.5. The van der Waals surface area contributed by atoms with E-state index in [1.165, 1.54) is 0 Å². The Hall–Kier alpha value is -3.06. The first-order valence-corrected chi connectivity index (χ1v) is 11.1. The van der Waals surface area contributed by atoms with E-state index in [0.29, 0.717) is 16.6 Å². The largest absolute Gasteiger partial charge is 0.324 e. The van der Waals surface area contributed by atoms with E-state index in [1.54, 1.807) is 6.33 Å². The highest BCUT2D eigenvalue weighted by Crippen LogP contribution is 2.19. The average Bonchev–Trinajstić information content (AvgIpc) is 3.25. The number of rotatable bonds is 8. The van der Waals surface area contributed by atoms with Crippen molar-refractivity contribution < 1.29 is 4.79 Å². The van der Waals surface area contributed by atoms with Gasteiger partial charge in [0, 0.05) is 29.1 Å². The lowest BCUT2D eigenvalue weighted by Crippen LogP contribution is -2.34. The predicted octanol–water partition coefficient (Wildman–Crippen LogP) is 5.33. The molecule has 4 rings (SSSR count). The molecule has 3 aromatic carbocycles. The van der Waals surface area contributed by atoms with Crippen LogP contribution in [0.25, 0.3) is 5.69 Å². The number of benzene rings is 3. The standard InChI is InChI=1S/C25H23ClN4OS/c26-20-8-6-18(7-9-20)14-15-27-24(19-4-2-1-3-5-19)25(31)29-21-10-12-22(13-11-21)30-16-23(32)28-17-30/h1-13,16-17,24,27,32H,14-15H2,(H,29,31). The van der Waals surface area contributed by atoms with Crippen LogP contribution in [0.3, 0.4) is 0 Å². The highest BCUT2D eigenvalue weighted by Gasteiger charge is 2.20. The van der Waals surface area contributed by atoms with Gasteiger partial charge in [-0.3, -0.25) is 4.79 Å². The summed E-state index contributed by atoms with van der Waals surface area (Å²) >= 11 is 10.2. The van der Waals surface area contributed by atoms with Crippen LogP contribution in [-0.4, -0.2) is 22.0 Å². The van der Waals surface area contributed by atoms with Gasteiger partial charge in [-0.25, -0.2) is 4.98 Å². The van der Waals surface area contributed by atoms with E-state index in [0.717, 1.165) is 28.9 Å². The van der Waals surface area contributed by atoms with Gasteiger partial charge in [0.2, 0.25) is 5.91 Å². The van der Waals surface area contributed by atoms with Crippen molar-refractivity contribution in [3.8, 4) is 5.69 Å². The van der Waals surface area contributed by atoms with Gasteiger partial charge in [0.15, 0.2) is 0 Å². The van der Waals surface area contributed by atoms with Gasteiger partial charge in [0.1, 0.15) is 17.4 Å². The van der Waals surface area contributed by atoms with Crippen LogP contribution in [0.5, 0.6) is 0 Å². The third-order valence-corrected chi connectivity index (χ3v) is 5.56. The first-order chi connectivity index (χ1) is 15.6. The molecule has 4 aromatic rings. The SMILES string of the molecule is O=C(Nc1ccc(-n2cnc(S)c2)cc1)C(NCCc1ccc(Cl)cc1)c1ccccc1. The Labute approximate surface area is 197 Å². The number of hydrogen-bond donors (Lipinski definition) is 3. The fourth-order valence-corrected chi connectivity index (χ4v) is 3.71. The first kappa shape index (κ1) is 22.1. The van der Waals surface area contributed by atoms with E-state index in [2.05, 4.69) is 28.2 Å². The van der Waals surface area contributed by atoms with Crippen LogP contribution >= 0.6 is 24.2 Å². The van der Waals surface area contributed by atoms with Crippen molar-refractivity contribution in [3.63, 3.8) is 0 Å². The molecule has 0 fully saturated rings. The molecule has 1 atom stereocenters. The molecule has 0 saturated carbocycles. The lowest BCUT2D eigenvalue weighted by Gasteiger charge is -2.19. The fourth-order valence-electron chi connectivity index (χ4n) is 3.40. The number of imidazole rings is 1. The molecule has 0 saturated heterocycles. The van der Waals surface area contributed by atoms with Crippen LogP contribution in [-0.2, 0) is 11.2 Å². The van der Waals surface area contributed by atoms with Crippen LogP contribution < -0.4 is 10.6 Å². The summed E-state index contributed by atoms with van der Waals surface area (Å²) in [4.78, 5) is 17.3. The summed E-state index contributed by atoms with van der Waals surface area (Å²) in [6.07, 6.45) is 4.32. The number of carbonyl (C=O) groups excluding carboxylic acids is 1. The molecular weight excluding hydrogens is 440 g/mol. The highest BCUT2D eigenvalue weighted by molar-refractivity contribution is 7.80. The second-order valence-electron chi connectivity index (χ2n) is 7.35. The monoisotopic (exact) mass is 462 g/mol. The second-order valence-corrected chi connectivity index (χ2v) is 8.24. The summed E-state index contributed by atoms with van der Waals surface area (Å²) in [5.74, 6) is -0.111. The maximum atomic E-state index is 13.1. The molecule has 1 aromatic heterocycles. The lowest BCUT2D eigenvalue weighted by atomic mass is 10.1. The zero-order valence-electron chi connectivity index (χ0n) is 17.3. The molecule has 1 unspecified atom stereocenters. The van der Waals surface area contributed by atoms with Crippen molar-refractivity contribution in [3.05, 3.63) is 108 Å². The number of anilines is 1. The van der Waals surface area contributed by atoms with Crippen LogP contribution in [0.15, 0.2) is 96.4 Å². The van der Waals surface area contributed by atoms with Crippen molar-refractivity contribution >= 4 is 35.8 Å². The number of aromatic nitrogens is 2. The van der Waals surface area contributed by atoms with Crippen molar-refractivity contribution in [1.29, 1.82) is 0 Å². The number of hydrogen-bond acceptors (Lipinski definition) is 4. The smallest absolute Gasteiger partial charge is 0.246 e. The van der Waals surface area contributed by atoms with Crippen molar-refractivity contribution in [2.45, 2.75) is 17.5 Å². The zero-order chi connectivity index (χ0) is 22.3. The molecule has 0 aliphatic heterocycles. The minimum Gasteiger partial charge on any atom is -0.324 e. The van der Waals surface area contributed by atoms with Crippen LogP contribution in [0.1, 0.15) is 17.2 Å².